The van der Waals surface area contributed by atoms with Gasteiger partial charge in [-0.3, -0.25) is 9.69 Å². The van der Waals surface area contributed by atoms with Crippen molar-refractivity contribution in [2.24, 2.45) is 0 Å². The minimum Gasteiger partial charge on any atom is -0.374 e. The molecule has 3 rings (SSSR count). The summed E-state index contributed by atoms with van der Waals surface area (Å²) in [6, 6.07) is 15.1. The zero-order valence-corrected chi connectivity index (χ0v) is 19.1. The molecule has 0 bridgehead atoms. The molecule has 0 radical (unpaired) electrons. The highest BCUT2D eigenvalue weighted by atomic mass is 19.1. The number of amides is 3. The summed E-state index contributed by atoms with van der Waals surface area (Å²) in [5.74, 6) is -0.550. The first-order valence-corrected chi connectivity index (χ1v) is 11.5. The Morgan fingerprint density at radius 1 is 1.09 bits per heavy atom. The highest BCUT2D eigenvalue weighted by molar-refractivity contribution is 5.87. The van der Waals surface area contributed by atoms with Crippen molar-refractivity contribution in [3.63, 3.8) is 0 Å². The molecule has 1 fully saturated rings. The molecule has 1 aliphatic rings. The first kappa shape index (κ1) is 24.7. The van der Waals surface area contributed by atoms with Crippen molar-refractivity contribution in [1.29, 1.82) is 0 Å². The van der Waals surface area contributed by atoms with Gasteiger partial charge in [0, 0.05) is 32.7 Å². The molecule has 2 aromatic carbocycles. The Morgan fingerprint density at radius 3 is 2.58 bits per heavy atom. The predicted octanol–water partition coefficient (Wildman–Crippen LogP) is 2.81. The van der Waals surface area contributed by atoms with E-state index in [1.54, 1.807) is 12.1 Å². The van der Waals surface area contributed by atoms with Crippen LogP contribution in [-0.4, -0.2) is 55.2 Å². The SMILES string of the molecule is CCCC(NC(=O)NCc1ccc(F)cc1)C(=O)NCC1CN(Cc2ccccc2)CCO1. The fraction of sp³-hybridized carbons (Fsp3) is 0.440. The lowest BCUT2D eigenvalue weighted by molar-refractivity contribution is -0.124. The van der Waals surface area contributed by atoms with Gasteiger partial charge in [-0.1, -0.05) is 55.8 Å². The average Bonchev–Trinajstić information content (AvgIpc) is 2.83. The summed E-state index contributed by atoms with van der Waals surface area (Å²) in [6.07, 6.45) is 1.18. The van der Waals surface area contributed by atoms with Gasteiger partial charge in [0.1, 0.15) is 11.9 Å². The van der Waals surface area contributed by atoms with E-state index in [9.17, 15) is 14.0 Å². The van der Waals surface area contributed by atoms with Crippen molar-refractivity contribution in [2.75, 3.05) is 26.2 Å². The fourth-order valence-electron chi connectivity index (χ4n) is 3.78. The van der Waals surface area contributed by atoms with Crippen LogP contribution in [0.1, 0.15) is 30.9 Å². The first-order valence-electron chi connectivity index (χ1n) is 11.5. The van der Waals surface area contributed by atoms with E-state index in [-0.39, 0.29) is 24.4 Å². The summed E-state index contributed by atoms with van der Waals surface area (Å²) >= 11 is 0. The Morgan fingerprint density at radius 2 is 1.85 bits per heavy atom. The van der Waals surface area contributed by atoms with Crippen molar-refractivity contribution in [2.45, 2.75) is 45.0 Å². The van der Waals surface area contributed by atoms with Crippen molar-refractivity contribution in [3.8, 4) is 0 Å². The zero-order chi connectivity index (χ0) is 23.5. The van der Waals surface area contributed by atoms with Crippen molar-refractivity contribution in [3.05, 3.63) is 71.5 Å². The number of morpholine rings is 1. The summed E-state index contributed by atoms with van der Waals surface area (Å²) in [7, 11) is 0. The summed E-state index contributed by atoms with van der Waals surface area (Å²) in [4.78, 5) is 27.3. The quantitative estimate of drug-likeness (QED) is 0.514. The molecule has 2 atom stereocenters. The van der Waals surface area contributed by atoms with Gasteiger partial charge in [0.2, 0.25) is 5.91 Å². The van der Waals surface area contributed by atoms with E-state index in [4.69, 9.17) is 4.74 Å². The number of ether oxygens (including phenoxy) is 1. The van der Waals surface area contributed by atoms with E-state index in [0.29, 0.717) is 19.6 Å². The molecule has 8 heteroatoms. The number of halogens is 1. The van der Waals surface area contributed by atoms with Gasteiger partial charge in [0.05, 0.1) is 12.7 Å². The van der Waals surface area contributed by atoms with Crippen molar-refractivity contribution >= 4 is 11.9 Å². The van der Waals surface area contributed by atoms with Gasteiger partial charge in [-0.15, -0.1) is 0 Å². The van der Waals surface area contributed by atoms with Gasteiger partial charge >= 0.3 is 6.03 Å². The molecular formula is C25H33FN4O3. The summed E-state index contributed by atoms with van der Waals surface area (Å²) in [5.41, 5.74) is 2.03. The van der Waals surface area contributed by atoms with E-state index >= 15 is 0 Å². The Balaban J connectivity index is 1.43. The number of hydrogen-bond donors (Lipinski definition) is 3. The Labute approximate surface area is 194 Å². The molecule has 7 nitrogen and oxygen atoms in total. The largest absolute Gasteiger partial charge is 0.374 e. The minimum absolute atomic E-state index is 0.0963. The number of urea groups is 1. The predicted molar refractivity (Wildman–Crippen MR) is 125 cm³/mol. The smallest absolute Gasteiger partial charge is 0.315 e. The van der Waals surface area contributed by atoms with Crippen LogP contribution in [0.3, 0.4) is 0 Å². The molecule has 3 N–H and O–H groups in total. The van der Waals surface area contributed by atoms with Crippen LogP contribution >= 0.6 is 0 Å². The molecule has 0 saturated carbocycles. The summed E-state index contributed by atoms with van der Waals surface area (Å²) in [6.45, 7) is 5.67. The van der Waals surface area contributed by atoms with Crippen LogP contribution in [0.2, 0.25) is 0 Å². The number of nitrogens with zero attached hydrogens (tertiary/aromatic N) is 1. The molecule has 3 amide bonds. The maximum absolute atomic E-state index is 13.0. The topological polar surface area (TPSA) is 82.7 Å². The van der Waals surface area contributed by atoms with Gasteiger partial charge < -0.3 is 20.7 Å². The minimum atomic E-state index is -0.632. The third kappa shape index (κ3) is 8.47. The molecular weight excluding hydrogens is 423 g/mol. The number of carbonyl (C=O) groups excluding carboxylic acids is 2. The van der Waals surface area contributed by atoms with Crippen LogP contribution in [0.15, 0.2) is 54.6 Å². The van der Waals surface area contributed by atoms with Gasteiger partial charge in [-0.25, -0.2) is 9.18 Å². The number of nitrogens with one attached hydrogen (secondary N) is 3. The number of rotatable bonds is 10. The van der Waals surface area contributed by atoms with E-state index < -0.39 is 12.1 Å². The van der Waals surface area contributed by atoms with Crippen LogP contribution in [0.25, 0.3) is 0 Å². The first-order chi connectivity index (χ1) is 16.0. The third-order valence-corrected chi connectivity index (χ3v) is 5.54. The Bertz CT molecular complexity index is 879. The molecule has 1 heterocycles. The van der Waals surface area contributed by atoms with Crippen molar-refractivity contribution in [1.82, 2.24) is 20.9 Å². The second-order valence-corrected chi connectivity index (χ2v) is 8.25. The number of benzene rings is 2. The number of hydrogen-bond acceptors (Lipinski definition) is 4. The van der Waals surface area contributed by atoms with Gasteiger partial charge in [-0.2, -0.15) is 0 Å². The van der Waals surface area contributed by atoms with Crippen LogP contribution in [-0.2, 0) is 22.6 Å². The van der Waals surface area contributed by atoms with Gasteiger partial charge in [0.25, 0.3) is 0 Å². The molecule has 2 aromatic rings. The van der Waals surface area contributed by atoms with Crippen LogP contribution < -0.4 is 16.0 Å². The molecule has 1 saturated heterocycles. The monoisotopic (exact) mass is 456 g/mol. The zero-order valence-electron chi connectivity index (χ0n) is 19.1. The van der Waals surface area contributed by atoms with E-state index in [2.05, 4.69) is 33.0 Å². The molecule has 2 unspecified atom stereocenters. The fourth-order valence-corrected chi connectivity index (χ4v) is 3.78. The molecule has 1 aliphatic heterocycles. The lowest BCUT2D eigenvalue weighted by Gasteiger charge is -2.33. The Kier molecular flexibility index (Phi) is 9.65. The maximum atomic E-state index is 13.0. The van der Waals surface area contributed by atoms with E-state index in [0.717, 1.165) is 31.6 Å². The molecule has 178 valence electrons. The van der Waals surface area contributed by atoms with Gasteiger partial charge in [0.15, 0.2) is 0 Å². The van der Waals surface area contributed by atoms with E-state index in [1.807, 2.05) is 25.1 Å². The summed E-state index contributed by atoms with van der Waals surface area (Å²) in [5, 5.41) is 8.39. The molecule has 0 aromatic heterocycles. The molecule has 0 spiro atoms. The highest BCUT2D eigenvalue weighted by Gasteiger charge is 2.24. The van der Waals surface area contributed by atoms with Gasteiger partial charge in [-0.05, 0) is 29.7 Å². The third-order valence-electron chi connectivity index (χ3n) is 5.54. The number of carbonyl (C=O) groups is 2. The lowest BCUT2D eigenvalue weighted by Crippen LogP contribution is -2.53. The normalized spacial score (nSPS) is 17.2. The second-order valence-electron chi connectivity index (χ2n) is 8.25. The highest BCUT2D eigenvalue weighted by Crippen LogP contribution is 2.10. The average molecular weight is 457 g/mol. The lowest BCUT2D eigenvalue weighted by atomic mass is 10.1. The van der Waals surface area contributed by atoms with Crippen LogP contribution in [0, 0.1) is 5.82 Å². The molecule has 0 aliphatic carbocycles. The van der Waals surface area contributed by atoms with E-state index in [1.165, 1.54) is 17.7 Å². The molecule has 33 heavy (non-hydrogen) atoms. The van der Waals surface area contributed by atoms with Crippen molar-refractivity contribution < 1.29 is 18.7 Å². The van der Waals surface area contributed by atoms with Crippen LogP contribution in [0.5, 0.6) is 0 Å². The van der Waals surface area contributed by atoms with Crippen LogP contribution in [0.4, 0.5) is 9.18 Å². The second kappa shape index (κ2) is 12.9. The standard InChI is InChI=1S/C25H33FN4O3/c1-2-6-23(29-25(32)28-15-19-9-11-21(26)12-10-19)24(31)27-16-22-18-30(13-14-33-22)17-20-7-4-3-5-8-20/h3-5,7-12,22-23H,2,6,13-18H2,1H3,(H,27,31)(H2,28,29,32). The Hall–Kier alpha value is -2.97. The summed E-state index contributed by atoms with van der Waals surface area (Å²) < 4.78 is 18.8. The maximum Gasteiger partial charge on any atom is 0.315 e.